The molecule has 2 heterocycles. The SMILES string of the molecule is O=C(C1CCC(F)(F)CC1)N1C[C@H]2CNC[C@H]2C1. The number of alkyl halides is 2. The van der Waals surface area contributed by atoms with Crippen molar-refractivity contribution in [2.75, 3.05) is 26.2 Å². The molecular formula is C13H20F2N2O. The monoisotopic (exact) mass is 258 g/mol. The number of nitrogens with zero attached hydrogens (tertiary/aromatic N) is 1. The van der Waals surface area contributed by atoms with Gasteiger partial charge in [0.25, 0.3) is 0 Å². The van der Waals surface area contributed by atoms with Crippen LogP contribution in [-0.4, -0.2) is 42.9 Å². The number of likely N-dealkylation sites (tertiary alicyclic amines) is 1. The number of hydrogen-bond donors (Lipinski definition) is 1. The Morgan fingerprint density at radius 1 is 1.11 bits per heavy atom. The minimum absolute atomic E-state index is 0.119. The molecule has 0 radical (unpaired) electrons. The van der Waals surface area contributed by atoms with Crippen LogP contribution in [0.2, 0.25) is 0 Å². The lowest BCUT2D eigenvalue weighted by molar-refractivity contribution is -0.138. The maximum absolute atomic E-state index is 13.1. The molecule has 0 spiro atoms. The quantitative estimate of drug-likeness (QED) is 0.773. The molecule has 0 aromatic rings. The first kappa shape index (κ1) is 12.3. The number of fused-ring (bicyclic) bond motifs is 1. The molecule has 18 heavy (non-hydrogen) atoms. The van der Waals surface area contributed by atoms with Gasteiger partial charge in [-0.05, 0) is 24.7 Å². The fourth-order valence-electron chi connectivity index (χ4n) is 3.58. The van der Waals surface area contributed by atoms with Crippen molar-refractivity contribution in [2.24, 2.45) is 17.8 Å². The Balaban J connectivity index is 1.56. The first-order chi connectivity index (χ1) is 8.55. The third-order valence-corrected chi connectivity index (χ3v) is 4.77. The van der Waals surface area contributed by atoms with E-state index in [9.17, 15) is 13.6 Å². The van der Waals surface area contributed by atoms with Crippen LogP contribution in [0.25, 0.3) is 0 Å². The molecule has 1 saturated carbocycles. The molecule has 1 amide bonds. The molecule has 2 saturated heterocycles. The van der Waals surface area contributed by atoms with E-state index in [2.05, 4.69) is 5.32 Å². The van der Waals surface area contributed by atoms with Crippen molar-refractivity contribution in [3.05, 3.63) is 0 Å². The van der Waals surface area contributed by atoms with E-state index in [0.717, 1.165) is 26.2 Å². The molecule has 3 nitrogen and oxygen atoms in total. The van der Waals surface area contributed by atoms with E-state index < -0.39 is 5.92 Å². The number of rotatable bonds is 1. The number of amides is 1. The van der Waals surface area contributed by atoms with Gasteiger partial charge in [-0.3, -0.25) is 4.79 Å². The zero-order valence-corrected chi connectivity index (χ0v) is 10.5. The van der Waals surface area contributed by atoms with E-state index in [1.165, 1.54) is 0 Å². The van der Waals surface area contributed by atoms with E-state index in [0.29, 0.717) is 24.7 Å². The summed E-state index contributed by atoms with van der Waals surface area (Å²) in [5.41, 5.74) is 0. The molecule has 0 unspecified atom stereocenters. The third kappa shape index (κ3) is 2.25. The number of hydrogen-bond acceptors (Lipinski definition) is 2. The average molecular weight is 258 g/mol. The molecule has 5 heteroatoms. The molecule has 1 N–H and O–H groups in total. The summed E-state index contributed by atoms with van der Waals surface area (Å²) in [4.78, 5) is 14.2. The maximum atomic E-state index is 13.1. The molecule has 102 valence electrons. The van der Waals surface area contributed by atoms with E-state index >= 15 is 0 Å². The van der Waals surface area contributed by atoms with Crippen molar-refractivity contribution < 1.29 is 13.6 Å². The lowest BCUT2D eigenvalue weighted by Crippen LogP contribution is -2.39. The summed E-state index contributed by atoms with van der Waals surface area (Å²) in [5, 5.41) is 3.34. The molecule has 3 aliphatic rings. The second kappa shape index (κ2) is 4.44. The summed E-state index contributed by atoms with van der Waals surface area (Å²) in [6.07, 6.45) is 0.475. The first-order valence-corrected chi connectivity index (χ1v) is 6.92. The van der Waals surface area contributed by atoms with Gasteiger partial charge >= 0.3 is 0 Å². The van der Waals surface area contributed by atoms with Gasteiger partial charge in [0, 0.05) is 44.9 Å². The summed E-state index contributed by atoms with van der Waals surface area (Å²) >= 11 is 0. The largest absolute Gasteiger partial charge is 0.342 e. The zero-order chi connectivity index (χ0) is 12.8. The van der Waals surface area contributed by atoms with Crippen LogP contribution in [0.4, 0.5) is 8.78 Å². The Kier molecular flexibility index (Phi) is 3.04. The van der Waals surface area contributed by atoms with Crippen LogP contribution >= 0.6 is 0 Å². The van der Waals surface area contributed by atoms with Crippen LogP contribution in [0.5, 0.6) is 0 Å². The number of carbonyl (C=O) groups excluding carboxylic acids is 1. The fraction of sp³-hybridized carbons (Fsp3) is 0.923. The van der Waals surface area contributed by atoms with E-state index in [-0.39, 0.29) is 24.7 Å². The minimum Gasteiger partial charge on any atom is -0.342 e. The molecule has 1 aliphatic carbocycles. The van der Waals surface area contributed by atoms with Crippen molar-refractivity contribution in [3.63, 3.8) is 0 Å². The summed E-state index contributed by atoms with van der Waals surface area (Å²) in [6.45, 7) is 3.64. The van der Waals surface area contributed by atoms with Crippen LogP contribution in [0.1, 0.15) is 25.7 Å². The maximum Gasteiger partial charge on any atom is 0.248 e. The van der Waals surface area contributed by atoms with Gasteiger partial charge < -0.3 is 10.2 Å². The highest BCUT2D eigenvalue weighted by molar-refractivity contribution is 5.79. The average Bonchev–Trinajstić information content (AvgIpc) is 2.88. The van der Waals surface area contributed by atoms with Crippen LogP contribution in [-0.2, 0) is 4.79 Å². The van der Waals surface area contributed by atoms with Gasteiger partial charge in [0.05, 0.1) is 0 Å². The third-order valence-electron chi connectivity index (χ3n) is 4.77. The Hall–Kier alpha value is -0.710. The Morgan fingerprint density at radius 3 is 2.22 bits per heavy atom. The normalized spacial score (nSPS) is 35.8. The molecule has 0 bridgehead atoms. The van der Waals surface area contributed by atoms with Crippen molar-refractivity contribution in [1.29, 1.82) is 0 Å². The van der Waals surface area contributed by atoms with E-state index in [1.807, 2.05) is 4.90 Å². The van der Waals surface area contributed by atoms with E-state index in [4.69, 9.17) is 0 Å². The Morgan fingerprint density at radius 2 is 1.67 bits per heavy atom. The molecule has 0 aromatic heterocycles. The van der Waals surface area contributed by atoms with Crippen LogP contribution < -0.4 is 5.32 Å². The highest BCUT2D eigenvalue weighted by Gasteiger charge is 2.42. The predicted molar refractivity (Wildman–Crippen MR) is 63.3 cm³/mol. The summed E-state index contributed by atoms with van der Waals surface area (Å²) in [7, 11) is 0. The standard InChI is InChI=1S/C13H20F2N2O/c14-13(15)3-1-9(2-4-13)12(18)17-7-10-5-16-6-11(10)8-17/h9-11,16H,1-8H2/t10-,11+. The zero-order valence-electron chi connectivity index (χ0n) is 10.5. The topological polar surface area (TPSA) is 32.3 Å². The fourth-order valence-corrected chi connectivity index (χ4v) is 3.58. The van der Waals surface area contributed by atoms with Crippen LogP contribution in [0.3, 0.4) is 0 Å². The van der Waals surface area contributed by atoms with Crippen molar-refractivity contribution in [3.8, 4) is 0 Å². The van der Waals surface area contributed by atoms with Gasteiger partial charge in [-0.25, -0.2) is 8.78 Å². The number of carbonyl (C=O) groups is 1. The summed E-state index contributed by atoms with van der Waals surface area (Å²) in [5.74, 6) is -1.41. The molecule has 3 rings (SSSR count). The summed E-state index contributed by atoms with van der Waals surface area (Å²) < 4.78 is 26.1. The molecule has 0 aromatic carbocycles. The van der Waals surface area contributed by atoms with E-state index in [1.54, 1.807) is 0 Å². The first-order valence-electron chi connectivity index (χ1n) is 6.92. The van der Waals surface area contributed by atoms with Gasteiger partial charge in [0.1, 0.15) is 0 Å². The lowest BCUT2D eigenvalue weighted by atomic mass is 9.86. The Bertz CT molecular complexity index is 326. The number of nitrogens with one attached hydrogen (secondary N) is 1. The highest BCUT2D eigenvalue weighted by Crippen LogP contribution is 2.38. The van der Waals surface area contributed by atoms with Gasteiger partial charge in [0.15, 0.2) is 0 Å². The van der Waals surface area contributed by atoms with Crippen molar-refractivity contribution in [1.82, 2.24) is 10.2 Å². The predicted octanol–water partition coefficient (Wildman–Crippen LogP) is 1.49. The van der Waals surface area contributed by atoms with Gasteiger partial charge in [-0.15, -0.1) is 0 Å². The van der Waals surface area contributed by atoms with Gasteiger partial charge in [-0.2, -0.15) is 0 Å². The van der Waals surface area contributed by atoms with Crippen LogP contribution in [0, 0.1) is 17.8 Å². The van der Waals surface area contributed by atoms with Crippen molar-refractivity contribution in [2.45, 2.75) is 31.6 Å². The molecule has 2 atom stereocenters. The Labute approximate surface area is 106 Å². The van der Waals surface area contributed by atoms with Crippen LogP contribution in [0.15, 0.2) is 0 Å². The van der Waals surface area contributed by atoms with Crippen molar-refractivity contribution >= 4 is 5.91 Å². The second-order valence-corrected chi connectivity index (χ2v) is 6.05. The smallest absolute Gasteiger partial charge is 0.248 e. The number of halogens is 2. The van der Waals surface area contributed by atoms with Gasteiger partial charge in [0.2, 0.25) is 11.8 Å². The lowest BCUT2D eigenvalue weighted by Gasteiger charge is -2.30. The molecule has 2 aliphatic heterocycles. The second-order valence-electron chi connectivity index (χ2n) is 6.05. The highest BCUT2D eigenvalue weighted by atomic mass is 19.3. The summed E-state index contributed by atoms with van der Waals surface area (Å²) in [6, 6.07) is 0. The van der Waals surface area contributed by atoms with Gasteiger partial charge in [-0.1, -0.05) is 0 Å². The minimum atomic E-state index is -2.54. The molecule has 3 fully saturated rings. The molecular weight excluding hydrogens is 238 g/mol.